The van der Waals surface area contributed by atoms with E-state index in [2.05, 4.69) is 22.5 Å². The Morgan fingerprint density at radius 2 is 1.50 bits per heavy atom. The van der Waals surface area contributed by atoms with Crippen molar-refractivity contribution < 1.29 is 14.0 Å². The van der Waals surface area contributed by atoms with Crippen LogP contribution in [-0.4, -0.2) is 66.0 Å². The first-order chi connectivity index (χ1) is 18.5. The Morgan fingerprint density at radius 1 is 0.842 bits per heavy atom. The summed E-state index contributed by atoms with van der Waals surface area (Å²) in [6, 6.07) is 23.7. The SMILES string of the molecule is CCc1ccc(NC(=O)N2CCN(CCN(Cc3ccc(F)cc3)C(=O)NCc3ccccc3)CC2)cc1. The van der Waals surface area contributed by atoms with Gasteiger partial charge in [-0.1, -0.05) is 61.5 Å². The van der Waals surface area contributed by atoms with E-state index in [0.29, 0.717) is 39.3 Å². The minimum atomic E-state index is -0.297. The van der Waals surface area contributed by atoms with Gasteiger partial charge < -0.3 is 20.4 Å². The van der Waals surface area contributed by atoms with Crippen LogP contribution in [0.2, 0.25) is 0 Å². The van der Waals surface area contributed by atoms with Crippen molar-refractivity contribution in [3.63, 3.8) is 0 Å². The van der Waals surface area contributed by atoms with Crippen molar-refractivity contribution in [1.82, 2.24) is 20.0 Å². The molecule has 7 nitrogen and oxygen atoms in total. The fraction of sp³-hybridized carbons (Fsp3) is 0.333. The summed E-state index contributed by atoms with van der Waals surface area (Å²) in [4.78, 5) is 31.6. The average molecular weight is 518 g/mol. The van der Waals surface area contributed by atoms with E-state index in [4.69, 9.17) is 0 Å². The molecule has 8 heteroatoms. The van der Waals surface area contributed by atoms with Crippen molar-refractivity contribution in [2.24, 2.45) is 0 Å². The summed E-state index contributed by atoms with van der Waals surface area (Å²) in [6.07, 6.45) is 0.964. The standard InChI is InChI=1S/C30H36FN5O2/c1-2-24-10-14-28(15-11-24)33-30(38)35-19-16-34(17-20-35)18-21-36(23-26-8-12-27(31)13-9-26)29(37)32-22-25-6-4-3-5-7-25/h3-15H,2,16-23H2,1H3,(H,32,37)(H,33,38). The number of benzene rings is 3. The minimum Gasteiger partial charge on any atom is -0.334 e. The second-order valence-corrected chi connectivity index (χ2v) is 9.50. The molecule has 0 bridgehead atoms. The van der Waals surface area contributed by atoms with Gasteiger partial charge in [0.2, 0.25) is 0 Å². The number of hydrogen-bond donors (Lipinski definition) is 2. The van der Waals surface area contributed by atoms with Crippen LogP contribution < -0.4 is 10.6 Å². The zero-order valence-electron chi connectivity index (χ0n) is 21.9. The maximum atomic E-state index is 13.4. The van der Waals surface area contributed by atoms with Gasteiger partial charge in [-0.25, -0.2) is 14.0 Å². The van der Waals surface area contributed by atoms with Crippen LogP contribution in [0.3, 0.4) is 0 Å². The number of urea groups is 2. The van der Waals surface area contributed by atoms with Gasteiger partial charge >= 0.3 is 12.1 Å². The minimum absolute atomic E-state index is 0.0906. The number of rotatable bonds is 9. The Kier molecular flexibility index (Phi) is 9.70. The summed E-state index contributed by atoms with van der Waals surface area (Å²) in [5.41, 5.74) is 3.93. The largest absolute Gasteiger partial charge is 0.334 e. The average Bonchev–Trinajstić information content (AvgIpc) is 2.96. The summed E-state index contributed by atoms with van der Waals surface area (Å²) < 4.78 is 13.4. The normalized spacial score (nSPS) is 13.7. The van der Waals surface area contributed by atoms with Gasteiger partial charge in [-0.2, -0.15) is 0 Å². The van der Waals surface area contributed by atoms with Gasteiger partial charge in [-0.3, -0.25) is 4.90 Å². The number of amides is 4. The third-order valence-corrected chi connectivity index (χ3v) is 6.82. The first-order valence-corrected chi connectivity index (χ1v) is 13.2. The number of halogens is 1. The number of carbonyl (C=O) groups is 2. The van der Waals surface area contributed by atoms with E-state index in [9.17, 15) is 14.0 Å². The molecule has 0 unspecified atom stereocenters. The lowest BCUT2D eigenvalue weighted by molar-refractivity contribution is 0.134. The van der Waals surface area contributed by atoms with Crippen LogP contribution in [0.15, 0.2) is 78.9 Å². The summed E-state index contributed by atoms with van der Waals surface area (Å²) in [7, 11) is 0. The number of nitrogens with one attached hydrogen (secondary N) is 2. The predicted molar refractivity (Wildman–Crippen MR) is 148 cm³/mol. The molecule has 4 rings (SSSR count). The highest BCUT2D eigenvalue weighted by Gasteiger charge is 2.22. The number of nitrogens with zero attached hydrogens (tertiary/aromatic N) is 3. The highest BCUT2D eigenvalue weighted by Crippen LogP contribution is 2.13. The van der Waals surface area contributed by atoms with E-state index in [1.54, 1.807) is 17.0 Å². The van der Waals surface area contributed by atoms with Crippen LogP contribution >= 0.6 is 0 Å². The molecule has 0 spiro atoms. The molecule has 0 atom stereocenters. The van der Waals surface area contributed by atoms with Gasteiger partial charge in [0.1, 0.15) is 5.82 Å². The number of piperazine rings is 1. The van der Waals surface area contributed by atoms with E-state index >= 15 is 0 Å². The Hall–Kier alpha value is -3.91. The number of carbonyl (C=O) groups excluding carboxylic acids is 2. The van der Waals surface area contributed by atoms with Crippen LogP contribution in [0.5, 0.6) is 0 Å². The van der Waals surface area contributed by atoms with Crippen LogP contribution in [0.1, 0.15) is 23.6 Å². The molecule has 0 saturated carbocycles. The molecule has 1 heterocycles. The molecule has 0 aliphatic carbocycles. The molecule has 2 N–H and O–H groups in total. The Labute approximate surface area is 224 Å². The number of hydrogen-bond acceptors (Lipinski definition) is 3. The van der Waals surface area contributed by atoms with Crippen molar-refractivity contribution in [2.45, 2.75) is 26.4 Å². The highest BCUT2D eigenvalue weighted by atomic mass is 19.1. The lowest BCUT2D eigenvalue weighted by atomic mass is 10.1. The first-order valence-electron chi connectivity index (χ1n) is 13.2. The first kappa shape index (κ1) is 27.1. The molecule has 1 aliphatic rings. The summed E-state index contributed by atoms with van der Waals surface area (Å²) in [6.45, 7) is 6.85. The zero-order chi connectivity index (χ0) is 26.7. The van der Waals surface area contributed by atoms with E-state index in [0.717, 1.165) is 36.3 Å². The Balaban J connectivity index is 1.28. The van der Waals surface area contributed by atoms with Gasteiger partial charge in [0, 0.05) is 58.0 Å². The molecule has 1 aliphatic heterocycles. The van der Waals surface area contributed by atoms with Crippen LogP contribution in [0.4, 0.5) is 19.7 Å². The Bertz CT molecular complexity index is 1160. The third-order valence-electron chi connectivity index (χ3n) is 6.82. The lowest BCUT2D eigenvalue weighted by Crippen LogP contribution is -2.52. The van der Waals surface area contributed by atoms with Crippen LogP contribution in [0, 0.1) is 5.82 Å². The van der Waals surface area contributed by atoms with Crippen LogP contribution in [0.25, 0.3) is 0 Å². The predicted octanol–water partition coefficient (Wildman–Crippen LogP) is 4.95. The van der Waals surface area contributed by atoms with Gasteiger partial charge in [0.15, 0.2) is 0 Å². The molecular weight excluding hydrogens is 481 g/mol. The van der Waals surface area contributed by atoms with E-state index in [1.807, 2.05) is 59.5 Å². The molecule has 0 aromatic heterocycles. The van der Waals surface area contributed by atoms with Gasteiger partial charge in [-0.15, -0.1) is 0 Å². The molecule has 4 amide bonds. The molecule has 3 aromatic carbocycles. The fourth-order valence-corrected chi connectivity index (χ4v) is 4.41. The lowest BCUT2D eigenvalue weighted by Gasteiger charge is -2.35. The van der Waals surface area contributed by atoms with Crippen LogP contribution in [-0.2, 0) is 19.5 Å². The molecule has 0 radical (unpaired) electrons. The summed E-state index contributed by atoms with van der Waals surface area (Å²) in [5, 5.41) is 5.99. The number of aryl methyl sites for hydroxylation is 1. The number of anilines is 1. The van der Waals surface area contributed by atoms with Crippen molar-refractivity contribution in [3.8, 4) is 0 Å². The maximum absolute atomic E-state index is 13.4. The quantitative estimate of drug-likeness (QED) is 0.422. The molecule has 1 fully saturated rings. The highest BCUT2D eigenvalue weighted by molar-refractivity contribution is 5.89. The van der Waals surface area contributed by atoms with Gasteiger partial charge in [0.25, 0.3) is 0 Å². The van der Waals surface area contributed by atoms with Crippen molar-refractivity contribution in [1.29, 1.82) is 0 Å². The molecule has 200 valence electrons. The second-order valence-electron chi connectivity index (χ2n) is 9.50. The molecule has 38 heavy (non-hydrogen) atoms. The van der Waals surface area contributed by atoms with Crippen molar-refractivity contribution in [3.05, 3.63) is 101 Å². The van der Waals surface area contributed by atoms with E-state index in [-0.39, 0.29) is 17.9 Å². The third kappa shape index (κ3) is 8.05. The van der Waals surface area contributed by atoms with E-state index < -0.39 is 0 Å². The van der Waals surface area contributed by atoms with Crippen molar-refractivity contribution >= 4 is 17.7 Å². The maximum Gasteiger partial charge on any atom is 0.321 e. The van der Waals surface area contributed by atoms with E-state index in [1.165, 1.54) is 17.7 Å². The zero-order valence-corrected chi connectivity index (χ0v) is 21.9. The monoisotopic (exact) mass is 517 g/mol. The summed E-state index contributed by atoms with van der Waals surface area (Å²) in [5.74, 6) is -0.297. The smallest absolute Gasteiger partial charge is 0.321 e. The second kappa shape index (κ2) is 13.6. The molecule has 3 aromatic rings. The summed E-state index contributed by atoms with van der Waals surface area (Å²) >= 11 is 0. The topological polar surface area (TPSA) is 67.9 Å². The van der Waals surface area contributed by atoms with Gasteiger partial charge in [-0.05, 0) is 47.4 Å². The fourth-order valence-electron chi connectivity index (χ4n) is 4.41. The Morgan fingerprint density at radius 3 is 2.16 bits per heavy atom. The van der Waals surface area contributed by atoms with Gasteiger partial charge in [0.05, 0.1) is 0 Å². The molecular formula is C30H36FN5O2. The molecule has 1 saturated heterocycles. The van der Waals surface area contributed by atoms with Crippen molar-refractivity contribution in [2.75, 3.05) is 44.6 Å².